The monoisotopic (exact) mass is 721 g/mol. The van der Waals surface area contributed by atoms with Gasteiger partial charge in [0.2, 0.25) is 23.6 Å². The fourth-order valence-electron chi connectivity index (χ4n) is 3.93. The average molecular weight is 722 g/mol. The van der Waals surface area contributed by atoms with Crippen molar-refractivity contribution in [2.24, 2.45) is 29.0 Å². The van der Waals surface area contributed by atoms with Crippen LogP contribution in [0, 0.1) is 11.8 Å². The lowest BCUT2D eigenvalue weighted by atomic mass is 10.0. The van der Waals surface area contributed by atoms with Crippen LogP contribution in [0.25, 0.3) is 0 Å². The molecule has 1 heterocycles. The molecule has 7 amide bonds. The summed E-state index contributed by atoms with van der Waals surface area (Å²) in [5.74, 6) is -2.74. The van der Waals surface area contributed by atoms with Crippen LogP contribution in [0.15, 0.2) is 18.2 Å². The number of hydrogen-bond donors (Lipinski definition) is 8. The fraction of sp³-hybridized carbons (Fsp3) is 0.618. The second-order valence-corrected chi connectivity index (χ2v) is 12.8. The van der Waals surface area contributed by atoms with Crippen LogP contribution >= 0.6 is 0 Å². The molecule has 0 bridgehead atoms. The Morgan fingerprint density at radius 1 is 0.902 bits per heavy atom. The van der Waals surface area contributed by atoms with Crippen LogP contribution in [-0.2, 0) is 35.3 Å². The van der Waals surface area contributed by atoms with Gasteiger partial charge in [0.25, 0.3) is 5.91 Å². The third kappa shape index (κ3) is 19.9. The quantitative estimate of drug-likeness (QED) is 0.108. The summed E-state index contributed by atoms with van der Waals surface area (Å²) in [5.41, 5.74) is 16.3. The molecule has 51 heavy (non-hydrogen) atoms. The first-order valence-corrected chi connectivity index (χ1v) is 17.1. The molecule has 0 radical (unpaired) electrons. The number of urea groups is 1. The van der Waals surface area contributed by atoms with Gasteiger partial charge in [0.1, 0.15) is 12.6 Å². The zero-order chi connectivity index (χ0) is 39.3. The summed E-state index contributed by atoms with van der Waals surface area (Å²) in [6, 6.07) is 3.51. The third-order valence-corrected chi connectivity index (χ3v) is 6.92. The number of nitrogens with zero attached hydrogens (tertiary/aromatic N) is 1. The summed E-state index contributed by atoms with van der Waals surface area (Å²) in [5, 5.41) is 13.3. The van der Waals surface area contributed by atoms with E-state index < -0.39 is 23.9 Å². The smallest absolute Gasteiger partial charge is 0.312 e. The van der Waals surface area contributed by atoms with Gasteiger partial charge in [0.15, 0.2) is 0 Å². The molecule has 288 valence electrons. The summed E-state index contributed by atoms with van der Waals surface area (Å²) in [6.07, 6.45) is 1.38. The molecule has 17 nitrogen and oxygen atoms in total. The number of nitrogens with one attached hydrogen (secondary N) is 5. The Morgan fingerprint density at radius 2 is 1.51 bits per heavy atom. The number of rotatable bonds is 16. The number of ether oxygens (including phenoxy) is 1. The van der Waals surface area contributed by atoms with Crippen LogP contribution in [-0.4, -0.2) is 97.3 Å². The second kappa shape index (κ2) is 24.4. The highest BCUT2D eigenvalue weighted by atomic mass is 16.5. The van der Waals surface area contributed by atoms with Gasteiger partial charge < -0.3 is 53.4 Å². The molecule has 11 N–H and O–H groups in total. The lowest BCUT2D eigenvalue weighted by molar-refractivity contribution is -0.148. The van der Waals surface area contributed by atoms with E-state index in [9.17, 15) is 33.6 Å². The van der Waals surface area contributed by atoms with Gasteiger partial charge in [-0.3, -0.25) is 28.8 Å². The number of hydrogen-bond acceptors (Lipinski definition) is 10. The average Bonchev–Trinajstić information content (AvgIpc) is 3.05. The van der Waals surface area contributed by atoms with E-state index >= 15 is 0 Å². The van der Waals surface area contributed by atoms with Crippen molar-refractivity contribution in [3.05, 3.63) is 29.3 Å². The van der Waals surface area contributed by atoms with Gasteiger partial charge >= 0.3 is 12.0 Å². The summed E-state index contributed by atoms with van der Waals surface area (Å²) < 4.78 is 5.31. The maximum absolute atomic E-state index is 13.1. The van der Waals surface area contributed by atoms with Crippen molar-refractivity contribution in [1.82, 2.24) is 26.2 Å². The van der Waals surface area contributed by atoms with E-state index in [0.29, 0.717) is 37.3 Å². The maximum atomic E-state index is 13.1. The summed E-state index contributed by atoms with van der Waals surface area (Å²) in [4.78, 5) is 83.5. The number of likely N-dealkylation sites (tertiary alicyclic amines) is 1. The third-order valence-electron chi connectivity index (χ3n) is 6.92. The van der Waals surface area contributed by atoms with Crippen molar-refractivity contribution in [2.75, 3.05) is 38.0 Å². The molecule has 1 unspecified atom stereocenters. The molecule has 1 aliphatic heterocycles. The van der Waals surface area contributed by atoms with E-state index in [1.807, 2.05) is 20.8 Å². The van der Waals surface area contributed by atoms with Gasteiger partial charge in [-0.05, 0) is 24.5 Å². The van der Waals surface area contributed by atoms with Crippen molar-refractivity contribution in [3.63, 3.8) is 0 Å². The van der Waals surface area contributed by atoms with Gasteiger partial charge in [-0.15, -0.1) is 0 Å². The molecule has 1 saturated heterocycles. The first-order chi connectivity index (χ1) is 23.8. The SMILES string of the molecule is CC(C)NCC(=O)NC(C(=O)NCC(=O)Nc1ccc(COC(=O)C(C)C)c(C(=O)N2CC(N)C2)c1)C(C)C.CCC(N)=O.CCCNC(N)=O. The van der Waals surface area contributed by atoms with Crippen molar-refractivity contribution < 1.29 is 38.3 Å². The predicted octanol–water partition coefficient (Wildman–Crippen LogP) is 0.309. The van der Waals surface area contributed by atoms with Gasteiger partial charge in [0.05, 0.1) is 19.0 Å². The highest BCUT2D eigenvalue weighted by molar-refractivity contribution is 6.00. The number of nitrogens with two attached hydrogens (primary N) is 3. The molecule has 1 aliphatic rings. The Kier molecular flexibility index (Phi) is 22.1. The van der Waals surface area contributed by atoms with E-state index in [1.165, 1.54) is 6.07 Å². The molecule has 17 heteroatoms. The number of primary amides is 2. The van der Waals surface area contributed by atoms with Crippen molar-refractivity contribution in [1.29, 1.82) is 0 Å². The van der Waals surface area contributed by atoms with E-state index in [0.717, 1.165) is 6.42 Å². The van der Waals surface area contributed by atoms with Crippen molar-refractivity contribution in [3.8, 4) is 0 Å². The molecule has 0 spiro atoms. The Morgan fingerprint density at radius 3 is 1.96 bits per heavy atom. The van der Waals surface area contributed by atoms with E-state index in [-0.39, 0.29) is 72.9 Å². The largest absolute Gasteiger partial charge is 0.461 e. The fourth-order valence-corrected chi connectivity index (χ4v) is 3.93. The minimum absolute atomic E-state index is 0.0751. The van der Waals surface area contributed by atoms with Gasteiger partial charge in [-0.2, -0.15) is 0 Å². The van der Waals surface area contributed by atoms with Gasteiger partial charge in [0, 0.05) is 55.0 Å². The van der Waals surface area contributed by atoms with Crippen LogP contribution < -0.4 is 43.8 Å². The van der Waals surface area contributed by atoms with E-state index in [2.05, 4.69) is 32.3 Å². The Bertz CT molecular complexity index is 1310. The number of esters is 1. The van der Waals surface area contributed by atoms with Crippen LogP contribution in [0.2, 0.25) is 0 Å². The molecule has 0 saturated carbocycles. The topological polar surface area (TPSA) is 270 Å². The normalized spacial score (nSPS) is 12.7. The number of benzene rings is 1. The lowest BCUT2D eigenvalue weighted by Crippen LogP contribution is -2.57. The molecule has 1 atom stereocenters. The number of carbonyl (C=O) groups is 7. The molecule has 0 aromatic heterocycles. The zero-order valence-electron chi connectivity index (χ0n) is 31.2. The molecule has 1 aromatic carbocycles. The molecule has 1 aromatic rings. The van der Waals surface area contributed by atoms with E-state index in [4.69, 9.17) is 16.2 Å². The first kappa shape index (κ1) is 46.2. The minimum atomic E-state index is -0.806. The van der Waals surface area contributed by atoms with Crippen LogP contribution in [0.5, 0.6) is 0 Å². The van der Waals surface area contributed by atoms with Crippen LogP contribution in [0.3, 0.4) is 0 Å². The number of amides is 7. The first-order valence-electron chi connectivity index (χ1n) is 17.1. The van der Waals surface area contributed by atoms with Gasteiger partial charge in [-0.25, -0.2) is 4.79 Å². The summed E-state index contributed by atoms with van der Waals surface area (Å²) in [7, 11) is 0. The van der Waals surface area contributed by atoms with Crippen molar-refractivity contribution >= 4 is 47.2 Å². The minimum Gasteiger partial charge on any atom is -0.461 e. The zero-order valence-corrected chi connectivity index (χ0v) is 31.2. The van der Waals surface area contributed by atoms with Crippen LogP contribution in [0.1, 0.15) is 84.2 Å². The molecular formula is C34H59N9O8. The maximum Gasteiger partial charge on any atom is 0.312 e. The summed E-state index contributed by atoms with van der Waals surface area (Å²) >= 11 is 0. The molecule has 0 aliphatic carbocycles. The molecule has 1 fully saturated rings. The molecule has 2 rings (SSSR count). The lowest BCUT2D eigenvalue weighted by Gasteiger charge is -2.37. The number of carbonyl (C=O) groups excluding carboxylic acids is 7. The van der Waals surface area contributed by atoms with E-state index in [1.54, 1.807) is 51.7 Å². The van der Waals surface area contributed by atoms with Crippen molar-refractivity contribution in [2.45, 2.75) is 93.0 Å². The Hall–Kier alpha value is -4.77. The summed E-state index contributed by atoms with van der Waals surface area (Å²) in [6.45, 7) is 15.7. The highest BCUT2D eigenvalue weighted by Gasteiger charge is 2.30. The number of anilines is 1. The Balaban J connectivity index is 0.00000178. The van der Waals surface area contributed by atoms with Crippen LogP contribution in [0.4, 0.5) is 10.5 Å². The molecular weight excluding hydrogens is 662 g/mol. The standard InChI is InChI=1S/C27H42N6O6.C4H10N2O.C3H7NO/c1-15(2)24(32-23(35)10-29-17(5)6)25(36)30-11-22(34)31-20-8-7-18(14-39-27(38)16(3)4)21(9-20)26(37)33-12-19(28)13-33;1-2-3-6-4(5)7;1-2-3(4)5/h7-9,15-17,19,24,29H,10-14,28H2,1-6H3,(H,30,36)(H,31,34)(H,32,35);2-3H2,1H3,(H3,5,6,7);2H2,1H3,(H2,4,5). The Labute approximate surface area is 300 Å². The second-order valence-electron chi connectivity index (χ2n) is 12.8. The predicted molar refractivity (Wildman–Crippen MR) is 194 cm³/mol. The van der Waals surface area contributed by atoms with Gasteiger partial charge in [-0.1, -0.05) is 61.5 Å². The highest BCUT2D eigenvalue weighted by Crippen LogP contribution is 2.22.